The van der Waals surface area contributed by atoms with E-state index in [0.29, 0.717) is 12.5 Å². The SMILES string of the molecule is ClCCOCCNCc1cc(Br)cs1. The third-order valence-electron chi connectivity index (χ3n) is 1.57. The summed E-state index contributed by atoms with van der Waals surface area (Å²) in [7, 11) is 0. The van der Waals surface area contributed by atoms with Crippen LogP contribution in [0.4, 0.5) is 0 Å². The Morgan fingerprint density at radius 2 is 2.36 bits per heavy atom. The van der Waals surface area contributed by atoms with Gasteiger partial charge in [-0.25, -0.2) is 0 Å². The number of hydrogen-bond acceptors (Lipinski definition) is 3. The second-order valence-electron chi connectivity index (χ2n) is 2.71. The van der Waals surface area contributed by atoms with Crippen LogP contribution in [-0.2, 0) is 11.3 Å². The van der Waals surface area contributed by atoms with Gasteiger partial charge < -0.3 is 10.1 Å². The largest absolute Gasteiger partial charge is 0.379 e. The average Bonchev–Trinajstić information content (AvgIpc) is 2.58. The molecule has 0 spiro atoms. The number of nitrogens with one attached hydrogen (secondary N) is 1. The highest BCUT2D eigenvalue weighted by atomic mass is 79.9. The van der Waals surface area contributed by atoms with Crippen LogP contribution in [0.5, 0.6) is 0 Å². The van der Waals surface area contributed by atoms with Crippen LogP contribution in [0.15, 0.2) is 15.9 Å². The van der Waals surface area contributed by atoms with E-state index >= 15 is 0 Å². The standard InChI is InChI=1S/C9H13BrClNOS/c10-8-5-9(14-7-8)6-12-2-4-13-3-1-11/h5,7,12H,1-4,6H2. The molecule has 1 aromatic heterocycles. The minimum Gasteiger partial charge on any atom is -0.379 e. The lowest BCUT2D eigenvalue weighted by atomic mass is 10.4. The normalized spacial score (nSPS) is 10.7. The van der Waals surface area contributed by atoms with Crippen molar-refractivity contribution in [3.63, 3.8) is 0 Å². The van der Waals surface area contributed by atoms with Crippen LogP contribution >= 0.6 is 38.9 Å². The summed E-state index contributed by atoms with van der Waals surface area (Å²) < 4.78 is 6.38. The van der Waals surface area contributed by atoms with Crippen molar-refractivity contribution in [1.82, 2.24) is 5.32 Å². The molecule has 1 heterocycles. The van der Waals surface area contributed by atoms with Gasteiger partial charge in [-0.3, -0.25) is 0 Å². The smallest absolute Gasteiger partial charge is 0.0602 e. The van der Waals surface area contributed by atoms with Crippen molar-refractivity contribution in [2.45, 2.75) is 6.54 Å². The predicted octanol–water partition coefficient (Wildman–Crippen LogP) is 2.86. The van der Waals surface area contributed by atoms with Crippen molar-refractivity contribution in [2.75, 3.05) is 25.6 Å². The molecule has 0 saturated heterocycles. The predicted molar refractivity (Wildman–Crippen MR) is 65.3 cm³/mol. The van der Waals surface area contributed by atoms with Gasteiger partial charge in [-0.05, 0) is 22.0 Å². The van der Waals surface area contributed by atoms with Gasteiger partial charge >= 0.3 is 0 Å². The van der Waals surface area contributed by atoms with E-state index in [1.807, 2.05) is 0 Å². The molecule has 0 aliphatic heterocycles. The number of rotatable bonds is 7. The Morgan fingerprint density at radius 1 is 1.50 bits per heavy atom. The Labute approximate surface area is 102 Å². The van der Waals surface area contributed by atoms with Crippen molar-refractivity contribution in [2.24, 2.45) is 0 Å². The van der Waals surface area contributed by atoms with Crippen molar-refractivity contribution < 1.29 is 4.74 Å². The van der Waals surface area contributed by atoms with Crippen LogP contribution < -0.4 is 5.32 Å². The molecule has 0 amide bonds. The van der Waals surface area contributed by atoms with Gasteiger partial charge in [0.15, 0.2) is 0 Å². The van der Waals surface area contributed by atoms with Crippen molar-refractivity contribution in [1.29, 1.82) is 0 Å². The van der Waals surface area contributed by atoms with E-state index in [-0.39, 0.29) is 0 Å². The summed E-state index contributed by atoms with van der Waals surface area (Å²) in [5, 5.41) is 5.38. The Morgan fingerprint density at radius 3 is 3.00 bits per heavy atom. The molecular weight excluding hydrogens is 286 g/mol. The van der Waals surface area contributed by atoms with E-state index < -0.39 is 0 Å². The lowest BCUT2D eigenvalue weighted by Crippen LogP contribution is -2.19. The van der Waals surface area contributed by atoms with Gasteiger partial charge in [0.05, 0.1) is 13.2 Å². The van der Waals surface area contributed by atoms with Crippen LogP contribution in [-0.4, -0.2) is 25.6 Å². The minimum absolute atomic E-state index is 0.567. The molecule has 0 fully saturated rings. The van der Waals surface area contributed by atoms with Crippen LogP contribution in [0.3, 0.4) is 0 Å². The second-order valence-corrected chi connectivity index (χ2v) is 5.00. The molecule has 0 aromatic carbocycles. The lowest BCUT2D eigenvalue weighted by molar-refractivity contribution is 0.151. The van der Waals surface area contributed by atoms with Gasteiger partial charge in [0.25, 0.3) is 0 Å². The summed E-state index contributed by atoms with van der Waals surface area (Å²) in [6, 6.07) is 2.12. The van der Waals surface area contributed by atoms with Gasteiger partial charge in [0, 0.05) is 33.7 Å². The van der Waals surface area contributed by atoms with Crippen molar-refractivity contribution in [3.05, 3.63) is 20.8 Å². The topological polar surface area (TPSA) is 21.3 Å². The fourth-order valence-electron chi connectivity index (χ4n) is 0.959. The van der Waals surface area contributed by atoms with Gasteiger partial charge in [-0.1, -0.05) is 0 Å². The van der Waals surface area contributed by atoms with E-state index in [1.54, 1.807) is 11.3 Å². The molecule has 0 aliphatic rings. The Hall–Kier alpha value is 0.390. The Bertz CT molecular complexity index is 257. The zero-order valence-electron chi connectivity index (χ0n) is 7.76. The Kier molecular flexibility index (Phi) is 6.81. The fraction of sp³-hybridized carbons (Fsp3) is 0.556. The van der Waals surface area contributed by atoms with Crippen LogP contribution in [0.2, 0.25) is 0 Å². The van der Waals surface area contributed by atoms with Crippen LogP contribution in [0.1, 0.15) is 4.88 Å². The molecule has 2 nitrogen and oxygen atoms in total. The first-order valence-electron chi connectivity index (χ1n) is 4.40. The first-order valence-corrected chi connectivity index (χ1v) is 6.61. The van der Waals surface area contributed by atoms with Crippen LogP contribution in [0.25, 0.3) is 0 Å². The molecule has 5 heteroatoms. The molecule has 0 atom stereocenters. The molecule has 0 unspecified atom stereocenters. The lowest BCUT2D eigenvalue weighted by Gasteiger charge is -2.03. The Balaban J connectivity index is 1.99. The second kappa shape index (κ2) is 7.65. The molecule has 0 bridgehead atoms. The highest BCUT2D eigenvalue weighted by molar-refractivity contribution is 9.10. The maximum absolute atomic E-state index is 5.46. The molecule has 1 aromatic rings. The van der Waals surface area contributed by atoms with E-state index in [4.69, 9.17) is 16.3 Å². The first-order chi connectivity index (χ1) is 6.83. The quantitative estimate of drug-likeness (QED) is 0.617. The summed E-state index contributed by atoms with van der Waals surface area (Å²) >= 11 is 10.6. The maximum atomic E-state index is 5.46. The number of halogens is 2. The van der Waals surface area contributed by atoms with E-state index in [0.717, 1.165) is 24.2 Å². The third kappa shape index (κ3) is 5.32. The highest BCUT2D eigenvalue weighted by Gasteiger charge is 1.96. The van der Waals surface area contributed by atoms with Gasteiger partial charge in [0.1, 0.15) is 0 Å². The molecule has 0 saturated carbocycles. The maximum Gasteiger partial charge on any atom is 0.0602 e. The van der Waals surface area contributed by atoms with Gasteiger partial charge in [-0.2, -0.15) is 0 Å². The van der Waals surface area contributed by atoms with Gasteiger partial charge in [0.2, 0.25) is 0 Å². The third-order valence-corrected chi connectivity index (χ3v) is 3.42. The summed E-state index contributed by atoms with van der Waals surface area (Å²) in [6.07, 6.45) is 0. The highest BCUT2D eigenvalue weighted by Crippen LogP contribution is 2.19. The van der Waals surface area contributed by atoms with Gasteiger partial charge in [-0.15, -0.1) is 22.9 Å². The number of ether oxygens (including phenoxy) is 1. The first kappa shape index (κ1) is 12.5. The molecule has 14 heavy (non-hydrogen) atoms. The summed E-state index contributed by atoms with van der Waals surface area (Å²) in [5.74, 6) is 0.567. The summed E-state index contributed by atoms with van der Waals surface area (Å²) in [6.45, 7) is 3.12. The fourth-order valence-corrected chi connectivity index (χ4v) is 2.49. The zero-order chi connectivity index (χ0) is 10.2. The van der Waals surface area contributed by atoms with Crippen molar-refractivity contribution >= 4 is 38.9 Å². The summed E-state index contributed by atoms with van der Waals surface area (Å²) in [5.41, 5.74) is 0. The molecule has 1 N–H and O–H groups in total. The molecular formula is C9H13BrClNOS. The van der Waals surface area contributed by atoms with Crippen molar-refractivity contribution in [3.8, 4) is 0 Å². The number of thiophene rings is 1. The van der Waals surface area contributed by atoms with E-state index in [2.05, 4.69) is 32.7 Å². The number of hydrogen-bond donors (Lipinski definition) is 1. The average molecular weight is 299 g/mol. The minimum atomic E-state index is 0.567. The molecule has 0 aliphatic carbocycles. The molecule has 0 radical (unpaired) electrons. The van der Waals surface area contributed by atoms with E-state index in [9.17, 15) is 0 Å². The zero-order valence-corrected chi connectivity index (χ0v) is 10.9. The monoisotopic (exact) mass is 297 g/mol. The number of alkyl halides is 1. The van der Waals surface area contributed by atoms with Crippen LogP contribution in [0, 0.1) is 0 Å². The molecule has 1 rings (SSSR count). The molecule has 80 valence electrons. The summed E-state index contributed by atoms with van der Waals surface area (Å²) in [4.78, 5) is 1.33. The van der Waals surface area contributed by atoms with E-state index in [1.165, 1.54) is 4.88 Å².